The number of carboxylic acids is 1. The molecule has 0 saturated carbocycles. The van der Waals surface area contributed by atoms with Gasteiger partial charge in [-0.3, -0.25) is 9.59 Å². The first-order valence-electron chi connectivity index (χ1n) is 13.0. The molecule has 3 aliphatic heterocycles. The molecule has 11 nitrogen and oxygen atoms in total. The standard InChI is InChI=1S/C26H27N3O6.C2H4O2/c1-3-6-27-7-5-14-15-8-21-22(35-13-34-21)10-19(15)28-23-16(14)11-29-20(23)9-18-17(24(29)30)12-33-25(31)26(18,32)4-2;1-2(3)4/h8-10,27,32H,3-7,11-13H2,1-2H3;1H3,(H,3,4). The van der Waals surface area contributed by atoms with Crippen molar-refractivity contribution in [3.63, 3.8) is 0 Å². The molecule has 6 rings (SSSR count). The molecule has 5 heterocycles. The van der Waals surface area contributed by atoms with Gasteiger partial charge in [0.1, 0.15) is 6.61 Å². The van der Waals surface area contributed by atoms with E-state index in [2.05, 4.69) is 12.2 Å². The minimum absolute atomic E-state index is 0.109. The van der Waals surface area contributed by atoms with Crippen molar-refractivity contribution in [2.75, 3.05) is 19.9 Å². The van der Waals surface area contributed by atoms with Crippen LogP contribution in [0.1, 0.15) is 55.9 Å². The van der Waals surface area contributed by atoms with Crippen molar-refractivity contribution in [3.8, 4) is 22.9 Å². The van der Waals surface area contributed by atoms with Gasteiger partial charge in [-0.25, -0.2) is 9.78 Å². The third-order valence-corrected chi connectivity index (χ3v) is 7.28. The van der Waals surface area contributed by atoms with Crippen LogP contribution in [0.25, 0.3) is 22.3 Å². The van der Waals surface area contributed by atoms with Crippen molar-refractivity contribution in [1.82, 2.24) is 14.9 Å². The SMILES string of the molecule is CC(=O)O.CCCNCCc1c2c(nc3cc4c(cc13)OCO4)-c1cc3c(c(=O)n1C2)COC(=O)C3(O)CC. The van der Waals surface area contributed by atoms with E-state index in [4.69, 9.17) is 29.1 Å². The molecule has 0 saturated heterocycles. The first kappa shape index (κ1) is 26.6. The van der Waals surface area contributed by atoms with Crippen LogP contribution in [0.5, 0.6) is 11.5 Å². The summed E-state index contributed by atoms with van der Waals surface area (Å²) in [5.41, 5.74) is 2.66. The summed E-state index contributed by atoms with van der Waals surface area (Å²) in [5.74, 6) is -0.227. The molecular formula is C28H31N3O8. The highest BCUT2D eigenvalue weighted by atomic mass is 16.7. The van der Waals surface area contributed by atoms with Crippen molar-refractivity contribution < 1.29 is 34.0 Å². The van der Waals surface area contributed by atoms with Gasteiger partial charge in [0.2, 0.25) is 6.79 Å². The fraction of sp³-hybridized carbons (Fsp3) is 0.429. The Morgan fingerprint density at radius 1 is 1.10 bits per heavy atom. The molecule has 39 heavy (non-hydrogen) atoms. The first-order valence-corrected chi connectivity index (χ1v) is 13.0. The van der Waals surface area contributed by atoms with Crippen LogP contribution in [0.15, 0.2) is 23.0 Å². The summed E-state index contributed by atoms with van der Waals surface area (Å²) in [6, 6.07) is 5.59. The highest BCUT2D eigenvalue weighted by molar-refractivity contribution is 5.91. The predicted molar refractivity (Wildman–Crippen MR) is 141 cm³/mol. The number of carboxylic acid groups (broad SMARTS) is 1. The summed E-state index contributed by atoms with van der Waals surface area (Å²) in [7, 11) is 0. The summed E-state index contributed by atoms with van der Waals surface area (Å²) >= 11 is 0. The number of ether oxygens (including phenoxy) is 3. The lowest BCUT2D eigenvalue weighted by molar-refractivity contribution is -0.172. The molecule has 0 radical (unpaired) electrons. The number of rotatable bonds is 6. The van der Waals surface area contributed by atoms with Crippen LogP contribution in [-0.2, 0) is 39.5 Å². The maximum Gasteiger partial charge on any atom is 0.343 e. The Morgan fingerprint density at radius 3 is 2.51 bits per heavy atom. The first-order chi connectivity index (χ1) is 18.7. The monoisotopic (exact) mass is 537 g/mol. The molecule has 3 aromatic rings. The summed E-state index contributed by atoms with van der Waals surface area (Å²) in [6.45, 7) is 7.02. The molecular weight excluding hydrogens is 506 g/mol. The summed E-state index contributed by atoms with van der Waals surface area (Å²) in [6.07, 6.45) is 1.91. The molecule has 0 fully saturated rings. The number of carbonyl (C=O) groups excluding carboxylic acids is 1. The number of hydrogen-bond acceptors (Lipinski definition) is 9. The van der Waals surface area contributed by atoms with Crippen molar-refractivity contribution in [3.05, 3.63) is 50.8 Å². The zero-order chi connectivity index (χ0) is 27.9. The Balaban J connectivity index is 0.000000723. The molecule has 3 N–H and O–H groups in total. The minimum atomic E-state index is -1.85. The molecule has 0 spiro atoms. The number of fused-ring (bicyclic) bond motifs is 6. The summed E-state index contributed by atoms with van der Waals surface area (Å²) < 4.78 is 18.1. The van der Waals surface area contributed by atoms with E-state index in [-0.39, 0.29) is 25.4 Å². The van der Waals surface area contributed by atoms with Gasteiger partial charge >= 0.3 is 5.97 Å². The predicted octanol–water partition coefficient (Wildman–Crippen LogP) is 2.44. The molecule has 1 aromatic carbocycles. The largest absolute Gasteiger partial charge is 0.481 e. The van der Waals surface area contributed by atoms with E-state index in [1.807, 2.05) is 12.1 Å². The number of nitrogens with one attached hydrogen (secondary N) is 1. The van der Waals surface area contributed by atoms with Gasteiger partial charge in [-0.2, -0.15) is 0 Å². The topological polar surface area (TPSA) is 149 Å². The van der Waals surface area contributed by atoms with Gasteiger partial charge < -0.3 is 34.3 Å². The molecule has 0 bridgehead atoms. The average molecular weight is 538 g/mol. The lowest BCUT2D eigenvalue weighted by Gasteiger charge is -2.31. The van der Waals surface area contributed by atoms with Gasteiger partial charge in [-0.05, 0) is 50.0 Å². The quantitative estimate of drug-likeness (QED) is 0.247. The average Bonchev–Trinajstić information content (AvgIpc) is 3.51. The van der Waals surface area contributed by atoms with Crippen LogP contribution in [-0.4, -0.2) is 51.6 Å². The Morgan fingerprint density at radius 2 is 1.82 bits per heavy atom. The lowest BCUT2D eigenvalue weighted by atomic mass is 9.86. The molecule has 206 valence electrons. The number of pyridine rings is 2. The number of aliphatic carboxylic acids is 1. The van der Waals surface area contributed by atoms with Crippen LogP contribution >= 0.6 is 0 Å². The highest BCUT2D eigenvalue weighted by Crippen LogP contribution is 2.43. The number of aliphatic hydroxyl groups is 1. The fourth-order valence-corrected chi connectivity index (χ4v) is 5.35. The third-order valence-electron chi connectivity index (χ3n) is 7.28. The van der Waals surface area contributed by atoms with Gasteiger partial charge in [-0.15, -0.1) is 0 Å². The zero-order valence-electron chi connectivity index (χ0n) is 22.1. The molecule has 3 aliphatic rings. The van der Waals surface area contributed by atoms with Crippen LogP contribution in [0.3, 0.4) is 0 Å². The number of carbonyl (C=O) groups is 2. The molecule has 11 heteroatoms. The van der Waals surface area contributed by atoms with Crippen LogP contribution in [0.2, 0.25) is 0 Å². The molecule has 1 unspecified atom stereocenters. The third kappa shape index (κ3) is 4.51. The normalized spacial score (nSPS) is 18.1. The lowest BCUT2D eigenvalue weighted by Crippen LogP contribution is -2.44. The van der Waals surface area contributed by atoms with Gasteiger partial charge in [0.25, 0.3) is 11.5 Å². The van der Waals surface area contributed by atoms with Crippen LogP contribution in [0.4, 0.5) is 0 Å². The maximum atomic E-state index is 13.5. The van der Waals surface area contributed by atoms with E-state index < -0.39 is 17.5 Å². The van der Waals surface area contributed by atoms with Crippen molar-refractivity contribution in [2.24, 2.45) is 0 Å². The summed E-state index contributed by atoms with van der Waals surface area (Å²) in [5, 5.41) is 23.0. The van der Waals surface area contributed by atoms with Crippen molar-refractivity contribution in [2.45, 2.75) is 58.8 Å². The number of benzene rings is 1. The molecule has 0 amide bonds. The Bertz CT molecular complexity index is 1540. The van der Waals surface area contributed by atoms with E-state index in [1.165, 1.54) is 0 Å². The highest BCUT2D eigenvalue weighted by Gasteiger charge is 2.45. The van der Waals surface area contributed by atoms with Gasteiger partial charge in [-0.1, -0.05) is 13.8 Å². The van der Waals surface area contributed by atoms with E-state index in [0.717, 1.165) is 54.9 Å². The maximum absolute atomic E-state index is 13.5. The van der Waals surface area contributed by atoms with Crippen LogP contribution in [0, 0.1) is 0 Å². The second-order valence-electron chi connectivity index (χ2n) is 9.76. The Hall–Kier alpha value is -3.96. The number of nitrogens with zero attached hydrogens (tertiary/aromatic N) is 2. The van der Waals surface area contributed by atoms with Crippen LogP contribution < -0.4 is 20.3 Å². The van der Waals surface area contributed by atoms with Gasteiger partial charge in [0.15, 0.2) is 17.1 Å². The van der Waals surface area contributed by atoms with Gasteiger partial charge in [0.05, 0.1) is 29.0 Å². The smallest absolute Gasteiger partial charge is 0.343 e. The molecule has 0 aliphatic carbocycles. The van der Waals surface area contributed by atoms with E-state index in [9.17, 15) is 14.7 Å². The fourth-order valence-electron chi connectivity index (χ4n) is 5.35. The number of cyclic esters (lactones) is 1. The number of hydrogen-bond donors (Lipinski definition) is 3. The number of aromatic nitrogens is 2. The van der Waals surface area contributed by atoms with E-state index in [0.29, 0.717) is 40.6 Å². The Kier molecular flexibility index (Phi) is 7.04. The molecule has 2 aromatic heterocycles. The van der Waals surface area contributed by atoms with Gasteiger partial charge in [0, 0.05) is 29.5 Å². The van der Waals surface area contributed by atoms with E-state index in [1.54, 1.807) is 17.6 Å². The minimum Gasteiger partial charge on any atom is -0.481 e. The molecule has 1 atom stereocenters. The second-order valence-corrected chi connectivity index (χ2v) is 9.76. The van der Waals surface area contributed by atoms with E-state index >= 15 is 0 Å². The second kappa shape index (κ2) is 10.3. The summed E-state index contributed by atoms with van der Waals surface area (Å²) in [4.78, 5) is 39.9. The zero-order valence-corrected chi connectivity index (χ0v) is 22.1. The Labute approximate surface area is 224 Å². The van der Waals surface area contributed by atoms with Crippen molar-refractivity contribution >= 4 is 22.8 Å². The number of esters is 1. The van der Waals surface area contributed by atoms with Crippen molar-refractivity contribution in [1.29, 1.82) is 0 Å².